The van der Waals surface area contributed by atoms with Crippen molar-refractivity contribution in [2.75, 3.05) is 6.61 Å². The normalized spacial score (nSPS) is 16.1. The molecule has 0 fully saturated rings. The van der Waals surface area contributed by atoms with E-state index in [2.05, 4.69) is 50.2 Å². The van der Waals surface area contributed by atoms with Crippen molar-refractivity contribution in [3.05, 3.63) is 47.7 Å². The van der Waals surface area contributed by atoms with Crippen LogP contribution in [0, 0.1) is 5.92 Å². The molecule has 146 valence electrons. The summed E-state index contributed by atoms with van der Waals surface area (Å²) in [5.74, 6) is 1.82. The Morgan fingerprint density at radius 1 is 0.926 bits per heavy atom. The van der Waals surface area contributed by atoms with Gasteiger partial charge in [0, 0.05) is 11.3 Å². The highest BCUT2D eigenvalue weighted by molar-refractivity contribution is 5.60. The molecule has 2 nitrogen and oxygen atoms in total. The predicted molar refractivity (Wildman–Crippen MR) is 114 cm³/mol. The zero-order valence-electron chi connectivity index (χ0n) is 17.2. The number of aryl methyl sites for hydroxylation is 1. The molecule has 2 aromatic rings. The van der Waals surface area contributed by atoms with Crippen LogP contribution in [0.3, 0.4) is 0 Å². The third-order valence-electron chi connectivity index (χ3n) is 5.75. The number of nitrogens with zero attached hydrogens (tertiary/aromatic N) is 1. The van der Waals surface area contributed by atoms with Crippen molar-refractivity contribution in [3.8, 4) is 17.0 Å². The van der Waals surface area contributed by atoms with Crippen LogP contribution < -0.4 is 4.74 Å². The fourth-order valence-corrected chi connectivity index (χ4v) is 4.04. The van der Waals surface area contributed by atoms with E-state index in [1.807, 2.05) is 0 Å². The summed E-state index contributed by atoms with van der Waals surface area (Å²) in [5, 5.41) is 0. The molecule has 1 aliphatic rings. The largest absolute Gasteiger partial charge is 0.494 e. The van der Waals surface area contributed by atoms with E-state index in [-0.39, 0.29) is 0 Å². The zero-order valence-corrected chi connectivity index (χ0v) is 17.2. The van der Waals surface area contributed by atoms with E-state index in [0.717, 1.165) is 36.8 Å². The Kier molecular flexibility index (Phi) is 7.74. The third-order valence-corrected chi connectivity index (χ3v) is 5.75. The zero-order chi connectivity index (χ0) is 18.9. The van der Waals surface area contributed by atoms with Crippen LogP contribution in [0.2, 0.25) is 0 Å². The summed E-state index contributed by atoms with van der Waals surface area (Å²) >= 11 is 0. The fraction of sp³-hybridized carbons (Fsp3) is 0.560. The van der Waals surface area contributed by atoms with Crippen LogP contribution in [0.1, 0.15) is 76.5 Å². The molecule has 0 radical (unpaired) electrons. The summed E-state index contributed by atoms with van der Waals surface area (Å²) < 4.78 is 5.82. The number of pyridine rings is 1. The summed E-state index contributed by atoms with van der Waals surface area (Å²) in [6.07, 6.45) is 12.7. The molecule has 1 heterocycles. The van der Waals surface area contributed by atoms with Gasteiger partial charge in [-0.05, 0) is 67.5 Å². The smallest absolute Gasteiger partial charge is 0.119 e. The molecule has 2 heteroatoms. The molecule has 0 amide bonds. The first-order valence-electron chi connectivity index (χ1n) is 11.0. The molecule has 0 saturated carbocycles. The third kappa shape index (κ3) is 5.82. The number of hydrogen-bond donors (Lipinski definition) is 0. The number of unbranched alkanes of at least 4 members (excludes halogenated alkanes) is 4. The average molecular weight is 366 g/mol. The minimum atomic E-state index is 0.809. The van der Waals surface area contributed by atoms with Crippen molar-refractivity contribution in [2.45, 2.75) is 78.1 Å². The maximum absolute atomic E-state index is 5.82. The molecular weight excluding hydrogens is 330 g/mol. The van der Waals surface area contributed by atoms with E-state index < -0.39 is 0 Å². The van der Waals surface area contributed by atoms with Crippen LogP contribution in [0.15, 0.2) is 36.4 Å². The van der Waals surface area contributed by atoms with E-state index in [1.54, 1.807) is 0 Å². The molecule has 1 unspecified atom stereocenters. The van der Waals surface area contributed by atoms with Crippen LogP contribution in [-0.4, -0.2) is 11.6 Å². The van der Waals surface area contributed by atoms with Crippen LogP contribution in [0.5, 0.6) is 5.75 Å². The van der Waals surface area contributed by atoms with Gasteiger partial charge in [0.15, 0.2) is 0 Å². The highest BCUT2D eigenvalue weighted by atomic mass is 16.5. The molecule has 0 spiro atoms. The van der Waals surface area contributed by atoms with E-state index in [0.29, 0.717) is 0 Å². The minimum absolute atomic E-state index is 0.809. The first-order valence-corrected chi connectivity index (χ1v) is 11.0. The molecule has 1 atom stereocenters. The van der Waals surface area contributed by atoms with Crippen LogP contribution in [-0.2, 0) is 12.8 Å². The standard InChI is InChI=1S/C25H35NO/c1-3-5-7-9-20-10-16-25-22(19-20)13-17-24(26-25)21-11-14-23(15-12-21)27-18-8-6-4-2/h11-15,17,20H,3-10,16,18-19H2,1-2H3. The van der Waals surface area contributed by atoms with Gasteiger partial charge >= 0.3 is 0 Å². The van der Waals surface area contributed by atoms with Gasteiger partial charge in [-0.25, -0.2) is 0 Å². The quantitative estimate of drug-likeness (QED) is 0.423. The van der Waals surface area contributed by atoms with Gasteiger partial charge in [-0.1, -0.05) is 58.4 Å². The van der Waals surface area contributed by atoms with Crippen molar-refractivity contribution in [3.63, 3.8) is 0 Å². The molecule has 0 N–H and O–H groups in total. The number of ether oxygens (including phenoxy) is 1. The first-order chi connectivity index (χ1) is 13.3. The molecule has 1 aromatic carbocycles. The Hall–Kier alpha value is -1.83. The number of rotatable bonds is 10. The molecule has 27 heavy (non-hydrogen) atoms. The topological polar surface area (TPSA) is 22.1 Å². The van der Waals surface area contributed by atoms with Gasteiger partial charge in [0.2, 0.25) is 0 Å². The first kappa shape index (κ1) is 19.9. The Bertz CT molecular complexity index is 692. The summed E-state index contributed by atoms with van der Waals surface area (Å²) in [5.41, 5.74) is 5.07. The van der Waals surface area contributed by atoms with Gasteiger partial charge in [-0.2, -0.15) is 0 Å². The molecule has 0 saturated heterocycles. The maximum atomic E-state index is 5.82. The molecule has 1 aliphatic carbocycles. The lowest BCUT2D eigenvalue weighted by Gasteiger charge is -2.24. The molecule has 1 aromatic heterocycles. The summed E-state index contributed by atoms with van der Waals surface area (Å²) in [6.45, 7) is 5.31. The molecule has 0 bridgehead atoms. The average Bonchev–Trinajstić information content (AvgIpc) is 2.71. The number of hydrogen-bond acceptors (Lipinski definition) is 2. The number of benzene rings is 1. The van der Waals surface area contributed by atoms with Crippen molar-refractivity contribution >= 4 is 0 Å². The van der Waals surface area contributed by atoms with Gasteiger partial charge in [0.25, 0.3) is 0 Å². The highest BCUT2D eigenvalue weighted by Gasteiger charge is 2.19. The Balaban J connectivity index is 1.59. The molecular formula is C25H35NO. The minimum Gasteiger partial charge on any atom is -0.494 e. The number of fused-ring (bicyclic) bond motifs is 1. The van der Waals surface area contributed by atoms with Crippen LogP contribution >= 0.6 is 0 Å². The second-order valence-electron chi connectivity index (χ2n) is 7.99. The van der Waals surface area contributed by atoms with Gasteiger partial charge in [-0.15, -0.1) is 0 Å². The lowest BCUT2D eigenvalue weighted by molar-refractivity contribution is 0.306. The lowest BCUT2D eigenvalue weighted by atomic mass is 9.83. The van der Waals surface area contributed by atoms with Crippen LogP contribution in [0.25, 0.3) is 11.3 Å². The predicted octanol–water partition coefficient (Wildman–Crippen LogP) is 7.00. The summed E-state index contributed by atoms with van der Waals surface area (Å²) in [7, 11) is 0. The molecule has 0 aliphatic heterocycles. The van der Waals surface area contributed by atoms with E-state index in [4.69, 9.17) is 9.72 Å². The Morgan fingerprint density at radius 3 is 2.48 bits per heavy atom. The monoisotopic (exact) mass is 365 g/mol. The second-order valence-corrected chi connectivity index (χ2v) is 7.99. The van der Waals surface area contributed by atoms with E-state index in [1.165, 1.54) is 68.2 Å². The lowest BCUT2D eigenvalue weighted by Crippen LogP contribution is -2.15. The van der Waals surface area contributed by atoms with E-state index in [9.17, 15) is 0 Å². The Morgan fingerprint density at radius 2 is 1.70 bits per heavy atom. The summed E-state index contributed by atoms with van der Waals surface area (Å²) in [6, 6.07) is 12.9. The maximum Gasteiger partial charge on any atom is 0.119 e. The van der Waals surface area contributed by atoms with Gasteiger partial charge < -0.3 is 4.74 Å². The van der Waals surface area contributed by atoms with Gasteiger partial charge in [0.1, 0.15) is 5.75 Å². The van der Waals surface area contributed by atoms with Crippen molar-refractivity contribution < 1.29 is 4.74 Å². The Labute approximate surface area is 165 Å². The van der Waals surface area contributed by atoms with Gasteiger partial charge in [-0.3, -0.25) is 4.98 Å². The fourth-order valence-electron chi connectivity index (χ4n) is 4.04. The van der Waals surface area contributed by atoms with Crippen molar-refractivity contribution in [2.24, 2.45) is 5.92 Å². The SMILES string of the molecule is CCCCCOc1ccc(-c2ccc3c(n2)CCC(CCCCC)C3)cc1. The number of aromatic nitrogens is 1. The second kappa shape index (κ2) is 10.5. The van der Waals surface area contributed by atoms with Crippen molar-refractivity contribution in [1.29, 1.82) is 0 Å². The van der Waals surface area contributed by atoms with Crippen molar-refractivity contribution in [1.82, 2.24) is 4.98 Å². The molecule has 3 rings (SSSR count). The van der Waals surface area contributed by atoms with Crippen LogP contribution in [0.4, 0.5) is 0 Å². The van der Waals surface area contributed by atoms with Gasteiger partial charge in [0.05, 0.1) is 12.3 Å². The highest BCUT2D eigenvalue weighted by Crippen LogP contribution is 2.30. The van der Waals surface area contributed by atoms with E-state index >= 15 is 0 Å². The summed E-state index contributed by atoms with van der Waals surface area (Å²) in [4.78, 5) is 4.99.